The molecule has 1 N–H and O–H groups in total. The van der Waals surface area contributed by atoms with Crippen LogP contribution in [0.3, 0.4) is 0 Å². The summed E-state index contributed by atoms with van der Waals surface area (Å²) in [4.78, 5) is 12.6. The van der Waals surface area contributed by atoms with Crippen LogP contribution in [0, 0.1) is 0 Å². The number of sulfone groups is 1. The number of benzene rings is 3. The van der Waals surface area contributed by atoms with Crippen LogP contribution in [0.5, 0.6) is 0 Å². The smallest absolute Gasteiger partial charge is 0.351 e. The van der Waals surface area contributed by atoms with Gasteiger partial charge in [0.25, 0.3) is 5.91 Å². The van der Waals surface area contributed by atoms with Crippen molar-refractivity contribution in [2.45, 2.75) is 17.0 Å². The van der Waals surface area contributed by atoms with Gasteiger partial charge in [0.2, 0.25) is 0 Å². The van der Waals surface area contributed by atoms with E-state index in [1.165, 1.54) is 48.5 Å². The van der Waals surface area contributed by atoms with Crippen molar-refractivity contribution in [3.05, 3.63) is 102 Å². The first-order chi connectivity index (χ1) is 17.7. The molecule has 1 unspecified atom stereocenters. The Morgan fingerprint density at radius 1 is 0.974 bits per heavy atom. The lowest BCUT2D eigenvalue weighted by molar-refractivity contribution is -0.139. The molecule has 4 nitrogen and oxygen atoms in total. The molecule has 3 aromatic carbocycles. The second-order valence-corrected chi connectivity index (χ2v) is 12.5. The van der Waals surface area contributed by atoms with Gasteiger partial charge in [0.1, 0.15) is 0 Å². The molecule has 202 valence electrons. The number of hydrogen-bond donors (Lipinski definition) is 1. The minimum Gasteiger partial charge on any atom is -0.351 e. The second-order valence-electron chi connectivity index (χ2n) is 7.94. The Labute approximate surface area is 245 Å². The summed E-state index contributed by atoms with van der Waals surface area (Å²) in [5.41, 5.74) is 0.366. The zero-order valence-electron chi connectivity index (χ0n) is 19.0. The van der Waals surface area contributed by atoms with E-state index >= 15 is 0 Å². The quantitative estimate of drug-likeness (QED) is 0.241. The standard InChI is InChI=1S/C25H17BrCl4F3NO3S/c26-20-11-14(2-8-19(25(31,32)33)15-12-21(28)23(30)22(29)13-15)1-7-18(20)24(35)34-9-10-38(36,37)17-5-3-16(27)4-6-17/h1-8,11-13,19H,9-10H2,(H,34,35)/b8-2+. The van der Waals surface area contributed by atoms with E-state index in [1.54, 1.807) is 0 Å². The Balaban J connectivity index is 1.71. The minimum absolute atomic E-state index is 0.0395. The first kappa shape index (κ1) is 30.8. The molecular weight excluding hydrogens is 673 g/mol. The Kier molecular flexibility index (Phi) is 10.2. The van der Waals surface area contributed by atoms with Gasteiger partial charge in [-0.15, -0.1) is 0 Å². The lowest BCUT2D eigenvalue weighted by Gasteiger charge is -2.18. The van der Waals surface area contributed by atoms with Crippen LogP contribution in [0.4, 0.5) is 13.2 Å². The highest BCUT2D eigenvalue weighted by Crippen LogP contribution is 2.41. The summed E-state index contributed by atoms with van der Waals surface area (Å²) in [5, 5.41) is 2.68. The fourth-order valence-corrected chi connectivity index (χ4v) is 5.82. The van der Waals surface area contributed by atoms with Crippen molar-refractivity contribution in [2.24, 2.45) is 0 Å². The van der Waals surface area contributed by atoms with Crippen LogP contribution in [0.2, 0.25) is 20.1 Å². The van der Waals surface area contributed by atoms with Crippen LogP contribution < -0.4 is 5.32 Å². The lowest BCUT2D eigenvalue weighted by atomic mass is 9.97. The topological polar surface area (TPSA) is 63.2 Å². The fraction of sp³-hybridized carbons (Fsp3) is 0.160. The molecule has 0 spiro atoms. The molecule has 0 aromatic heterocycles. The SMILES string of the molecule is O=C(NCCS(=O)(=O)c1ccc(Cl)cc1)c1ccc(/C=C/C(c2cc(Cl)c(Cl)c(Cl)c2)C(F)(F)F)cc1Br. The van der Waals surface area contributed by atoms with E-state index in [0.29, 0.717) is 15.1 Å². The number of carbonyl (C=O) groups excluding carboxylic acids is 1. The van der Waals surface area contributed by atoms with Gasteiger partial charge < -0.3 is 5.32 Å². The molecule has 0 heterocycles. The summed E-state index contributed by atoms with van der Waals surface area (Å²) < 4.78 is 66.4. The van der Waals surface area contributed by atoms with Crippen LogP contribution in [-0.2, 0) is 9.84 Å². The largest absolute Gasteiger partial charge is 0.399 e. The number of hydrogen-bond acceptors (Lipinski definition) is 3. The molecule has 0 aliphatic rings. The maximum Gasteiger partial charge on any atom is 0.399 e. The molecule has 13 heteroatoms. The van der Waals surface area contributed by atoms with Crippen LogP contribution >= 0.6 is 62.3 Å². The van der Waals surface area contributed by atoms with E-state index in [1.807, 2.05) is 0 Å². The normalized spacial score (nSPS) is 13.1. The van der Waals surface area contributed by atoms with Gasteiger partial charge >= 0.3 is 6.18 Å². The van der Waals surface area contributed by atoms with Gasteiger partial charge in [0.15, 0.2) is 9.84 Å². The number of halogens is 8. The first-order valence-corrected chi connectivity index (χ1v) is 14.6. The second kappa shape index (κ2) is 12.6. The summed E-state index contributed by atoms with van der Waals surface area (Å²) in [6.45, 7) is -0.155. The van der Waals surface area contributed by atoms with Crippen LogP contribution in [0.25, 0.3) is 6.08 Å². The van der Waals surface area contributed by atoms with Crippen LogP contribution in [0.1, 0.15) is 27.4 Å². The van der Waals surface area contributed by atoms with E-state index in [9.17, 15) is 26.4 Å². The third kappa shape index (κ3) is 7.90. The maximum atomic E-state index is 13.8. The lowest BCUT2D eigenvalue weighted by Crippen LogP contribution is -2.29. The highest BCUT2D eigenvalue weighted by Gasteiger charge is 2.39. The Morgan fingerprint density at radius 3 is 2.13 bits per heavy atom. The number of nitrogens with one attached hydrogen (secondary N) is 1. The molecule has 0 bridgehead atoms. The zero-order valence-corrected chi connectivity index (χ0v) is 24.4. The number of allylic oxidation sites excluding steroid dienone is 1. The molecule has 1 amide bonds. The number of rotatable bonds is 8. The van der Waals surface area contributed by atoms with Crippen molar-refractivity contribution in [3.8, 4) is 0 Å². The molecule has 1 atom stereocenters. The van der Waals surface area contributed by atoms with E-state index in [0.717, 1.165) is 18.2 Å². The van der Waals surface area contributed by atoms with Crippen LogP contribution in [0.15, 0.2) is 70.0 Å². The molecule has 0 fully saturated rings. The van der Waals surface area contributed by atoms with Gasteiger partial charge in [0.05, 0.1) is 37.2 Å². The molecule has 0 radical (unpaired) electrons. The van der Waals surface area contributed by atoms with Crippen molar-refractivity contribution in [1.29, 1.82) is 0 Å². The van der Waals surface area contributed by atoms with Gasteiger partial charge in [-0.05, 0) is 75.6 Å². The minimum atomic E-state index is -4.64. The molecule has 38 heavy (non-hydrogen) atoms. The van der Waals surface area contributed by atoms with Crippen molar-refractivity contribution in [1.82, 2.24) is 5.32 Å². The van der Waals surface area contributed by atoms with Crippen LogP contribution in [-0.4, -0.2) is 32.8 Å². The average Bonchev–Trinajstić information content (AvgIpc) is 2.82. The fourth-order valence-electron chi connectivity index (χ4n) is 3.34. The van der Waals surface area contributed by atoms with Crippen molar-refractivity contribution >= 4 is 84.2 Å². The van der Waals surface area contributed by atoms with E-state index in [-0.39, 0.29) is 43.4 Å². The van der Waals surface area contributed by atoms with E-state index in [2.05, 4.69) is 21.2 Å². The Bertz CT molecular complexity index is 1460. The molecule has 0 saturated heterocycles. The van der Waals surface area contributed by atoms with Gasteiger partial charge in [-0.1, -0.05) is 64.6 Å². The van der Waals surface area contributed by atoms with Gasteiger partial charge in [-0.2, -0.15) is 13.2 Å². The average molecular weight is 690 g/mol. The van der Waals surface area contributed by atoms with Gasteiger partial charge in [-0.25, -0.2) is 8.42 Å². The van der Waals surface area contributed by atoms with E-state index < -0.39 is 27.8 Å². The monoisotopic (exact) mass is 687 g/mol. The third-order valence-electron chi connectivity index (χ3n) is 5.27. The maximum absolute atomic E-state index is 13.8. The van der Waals surface area contributed by atoms with Crippen molar-refractivity contribution in [3.63, 3.8) is 0 Å². The van der Waals surface area contributed by atoms with E-state index in [4.69, 9.17) is 46.4 Å². The predicted octanol–water partition coefficient (Wildman–Crippen LogP) is 8.63. The molecule has 0 saturated carbocycles. The summed E-state index contributed by atoms with van der Waals surface area (Å²) in [5.74, 6) is -2.91. The molecule has 3 aromatic rings. The molecular formula is C25H17BrCl4F3NO3S. The Morgan fingerprint density at radius 2 is 1.58 bits per heavy atom. The summed E-state index contributed by atoms with van der Waals surface area (Å²) in [6.07, 6.45) is -2.45. The summed E-state index contributed by atoms with van der Waals surface area (Å²) >= 11 is 26.7. The van der Waals surface area contributed by atoms with Crippen molar-refractivity contribution < 1.29 is 26.4 Å². The van der Waals surface area contributed by atoms with Gasteiger partial charge in [-0.3, -0.25) is 4.79 Å². The first-order valence-electron chi connectivity index (χ1n) is 10.6. The highest BCUT2D eigenvalue weighted by molar-refractivity contribution is 9.10. The summed E-state index contributed by atoms with van der Waals surface area (Å²) in [7, 11) is -3.64. The predicted molar refractivity (Wildman–Crippen MR) is 149 cm³/mol. The number of alkyl halides is 3. The highest BCUT2D eigenvalue weighted by atomic mass is 79.9. The summed E-state index contributed by atoms with van der Waals surface area (Å²) in [6, 6.07) is 12.2. The molecule has 0 aliphatic heterocycles. The van der Waals surface area contributed by atoms with Crippen molar-refractivity contribution in [2.75, 3.05) is 12.3 Å². The number of carbonyl (C=O) groups is 1. The number of amides is 1. The Hall–Kier alpha value is -1.75. The third-order valence-corrected chi connectivity index (χ3v) is 9.10. The molecule has 0 aliphatic carbocycles. The molecule has 3 rings (SSSR count). The van der Waals surface area contributed by atoms with Gasteiger partial charge in [0, 0.05) is 16.0 Å². The zero-order chi connectivity index (χ0) is 28.3.